The Bertz CT molecular complexity index is 397. The van der Waals surface area contributed by atoms with Gasteiger partial charge in [0.2, 0.25) is 0 Å². The van der Waals surface area contributed by atoms with Crippen LogP contribution in [0, 0.1) is 0 Å². The lowest BCUT2D eigenvalue weighted by atomic mass is 10.1. The highest BCUT2D eigenvalue weighted by Gasteiger charge is 2.11. The summed E-state index contributed by atoms with van der Waals surface area (Å²) in [5, 5.41) is 9.19. The second-order valence-corrected chi connectivity index (χ2v) is 5.67. The average molecular weight is 292 g/mol. The first-order valence-electron chi connectivity index (χ1n) is 8.13. The Morgan fingerprint density at radius 2 is 1.62 bits per heavy atom. The highest BCUT2D eigenvalue weighted by Crippen LogP contribution is 2.14. The maximum Gasteiger partial charge on any atom is 0.338 e. The van der Waals surface area contributed by atoms with Gasteiger partial charge in [-0.2, -0.15) is 0 Å². The number of ether oxygens (including phenoxy) is 1. The van der Waals surface area contributed by atoms with Crippen molar-refractivity contribution < 1.29 is 14.6 Å². The van der Waals surface area contributed by atoms with Crippen molar-refractivity contribution in [2.24, 2.45) is 0 Å². The zero-order valence-corrected chi connectivity index (χ0v) is 13.3. The third-order valence-corrected chi connectivity index (χ3v) is 3.63. The van der Waals surface area contributed by atoms with Crippen molar-refractivity contribution in [3.63, 3.8) is 0 Å². The fourth-order valence-corrected chi connectivity index (χ4v) is 2.30. The number of unbranched alkanes of at least 4 members (excludes halogenated alkanes) is 6. The molecule has 0 aromatic heterocycles. The van der Waals surface area contributed by atoms with E-state index in [9.17, 15) is 9.90 Å². The molecule has 1 N–H and O–H groups in total. The highest BCUT2D eigenvalue weighted by atomic mass is 16.5. The summed E-state index contributed by atoms with van der Waals surface area (Å²) >= 11 is 0. The van der Waals surface area contributed by atoms with Gasteiger partial charge in [-0.3, -0.25) is 0 Å². The molecule has 0 bridgehead atoms. The van der Waals surface area contributed by atoms with E-state index in [2.05, 4.69) is 6.92 Å². The number of aromatic hydroxyl groups is 1. The number of benzene rings is 1. The maximum atomic E-state index is 11.9. The molecule has 1 aromatic carbocycles. The van der Waals surface area contributed by atoms with E-state index in [1.54, 1.807) is 12.1 Å². The van der Waals surface area contributed by atoms with Crippen LogP contribution in [0.15, 0.2) is 24.3 Å². The van der Waals surface area contributed by atoms with E-state index in [0.717, 1.165) is 12.8 Å². The molecule has 0 aliphatic heterocycles. The minimum absolute atomic E-state index is 0.0538. The van der Waals surface area contributed by atoms with Crippen LogP contribution in [-0.2, 0) is 4.74 Å². The third-order valence-electron chi connectivity index (χ3n) is 3.63. The third kappa shape index (κ3) is 7.74. The molecule has 3 heteroatoms. The maximum absolute atomic E-state index is 11.9. The molecule has 0 heterocycles. The summed E-state index contributed by atoms with van der Waals surface area (Å²) in [7, 11) is 0. The van der Waals surface area contributed by atoms with Crippen LogP contribution in [0.25, 0.3) is 0 Å². The lowest BCUT2D eigenvalue weighted by molar-refractivity contribution is 0.0319. The molecule has 0 amide bonds. The first-order chi connectivity index (χ1) is 10.1. The van der Waals surface area contributed by atoms with Gasteiger partial charge in [-0.05, 0) is 44.0 Å². The molecule has 118 valence electrons. The van der Waals surface area contributed by atoms with E-state index in [1.807, 2.05) is 6.92 Å². The molecule has 1 aromatic rings. The predicted octanol–water partition coefficient (Wildman–Crippen LogP) is 5.08. The summed E-state index contributed by atoms with van der Waals surface area (Å²) in [6.07, 6.45) is 9.72. The molecule has 0 spiro atoms. The van der Waals surface area contributed by atoms with E-state index in [-0.39, 0.29) is 17.8 Å². The van der Waals surface area contributed by atoms with E-state index < -0.39 is 0 Å². The van der Waals surface area contributed by atoms with Crippen molar-refractivity contribution in [3.8, 4) is 5.75 Å². The van der Waals surface area contributed by atoms with Gasteiger partial charge in [-0.15, -0.1) is 0 Å². The van der Waals surface area contributed by atoms with Crippen LogP contribution in [0.2, 0.25) is 0 Å². The molecule has 1 unspecified atom stereocenters. The minimum atomic E-state index is -0.314. The summed E-state index contributed by atoms with van der Waals surface area (Å²) in [5.74, 6) is -0.159. The second kappa shape index (κ2) is 10.3. The number of phenolic OH excluding ortho intramolecular Hbond substituents is 1. The minimum Gasteiger partial charge on any atom is -0.508 e. The largest absolute Gasteiger partial charge is 0.508 e. The first kappa shape index (κ1) is 17.5. The monoisotopic (exact) mass is 292 g/mol. The molecule has 3 nitrogen and oxygen atoms in total. The molecule has 0 fully saturated rings. The smallest absolute Gasteiger partial charge is 0.338 e. The van der Waals surface area contributed by atoms with E-state index in [0.29, 0.717) is 5.56 Å². The van der Waals surface area contributed by atoms with Gasteiger partial charge in [0, 0.05) is 0 Å². The molecule has 1 rings (SSSR count). The predicted molar refractivity (Wildman–Crippen MR) is 85.6 cm³/mol. The van der Waals surface area contributed by atoms with Gasteiger partial charge in [0.25, 0.3) is 0 Å². The number of carbonyl (C=O) groups excluding carboxylic acids is 1. The SMILES string of the molecule is CCCCCCCCCC(C)OC(=O)c1ccc(O)cc1. The Balaban J connectivity index is 2.14. The second-order valence-electron chi connectivity index (χ2n) is 5.67. The quantitative estimate of drug-likeness (QED) is 0.483. The van der Waals surface area contributed by atoms with Crippen LogP contribution < -0.4 is 0 Å². The molecule has 0 saturated heterocycles. The number of phenols is 1. The standard InChI is InChI=1S/C18H28O3/c1-3-4-5-6-7-8-9-10-15(2)21-18(20)16-11-13-17(19)14-12-16/h11-15,19H,3-10H2,1-2H3. The molecular formula is C18H28O3. The summed E-state index contributed by atoms with van der Waals surface area (Å²) < 4.78 is 5.40. The number of esters is 1. The average Bonchev–Trinajstić information content (AvgIpc) is 2.47. The molecular weight excluding hydrogens is 264 g/mol. The molecule has 21 heavy (non-hydrogen) atoms. The Morgan fingerprint density at radius 1 is 1.05 bits per heavy atom. The van der Waals surface area contributed by atoms with Gasteiger partial charge in [0.05, 0.1) is 11.7 Å². The van der Waals surface area contributed by atoms with Crippen molar-refractivity contribution in [2.75, 3.05) is 0 Å². The lowest BCUT2D eigenvalue weighted by Gasteiger charge is -2.13. The van der Waals surface area contributed by atoms with Gasteiger partial charge in [-0.1, -0.05) is 45.4 Å². The molecule has 0 saturated carbocycles. The molecule has 0 aliphatic carbocycles. The molecule has 0 aliphatic rings. The zero-order valence-electron chi connectivity index (χ0n) is 13.3. The Hall–Kier alpha value is -1.51. The lowest BCUT2D eigenvalue weighted by Crippen LogP contribution is -2.14. The van der Waals surface area contributed by atoms with E-state index >= 15 is 0 Å². The summed E-state index contributed by atoms with van der Waals surface area (Å²) in [4.78, 5) is 11.9. The van der Waals surface area contributed by atoms with Crippen LogP contribution in [0.5, 0.6) is 5.75 Å². The van der Waals surface area contributed by atoms with Crippen molar-refractivity contribution >= 4 is 5.97 Å². The number of carbonyl (C=O) groups is 1. The molecule has 0 radical (unpaired) electrons. The van der Waals surface area contributed by atoms with Gasteiger partial charge in [0.1, 0.15) is 5.75 Å². The van der Waals surface area contributed by atoms with E-state index in [4.69, 9.17) is 4.74 Å². The van der Waals surface area contributed by atoms with Gasteiger partial charge < -0.3 is 9.84 Å². The molecule has 1 atom stereocenters. The highest BCUT2D eigenvalue weighted by molar-refractivity contribution is 5.89. The number of hydrogen-bond donors (Lipinski definition) is 1. The Kier molecular flexibility index (Phi) is 8.56. The van der Waals surface area contributed by atoms with Gasteiger partial charge in [-0.25, -0.2) is 4.79 Å². The Labute approximate surface area is 128 Å². The topological polar surface area (TPSA) is 46.5 Å². The fraction of sp³-hybridized carbons (Fsp3) is 0.611. The first-order valence-corrected chi connectivity index (χ1v) is 8.13. The number of hydrogen-bond acceptors (Lipinski definition) is 3. The van der Waals surface area contributed by atoms with Crippen molar-refractivity contribution in [3.05, 3.63) is 29.8 Å². The Morgan fingerprint density at radius 3 is 2.24 bits per heavy atom. The van der Waals surface area contributed by atoms with Crippen LogP contribution in [-0.4, -0.2) is 17.2 Å². The van der Waals surface area contributed by atoms with E-state index in [1.165, 1.54) is 50.7 Å². The van der Waals surface area contributed by atoms with Crippen LogP contribution in [0.1, 0.15) is 75.6 Å². The summed E-state index contributed by atoms with van der Waals surface area (Å²) in [6, 6.07) is 6.16. The van der Waals surface area contributed by atoms with Crippen molar-refractivity contribution in [1.29, 1.82) is 0 Å². The van der Waals surface area contributed by atoms with Crippen LogP contribution in [0.4, 0.5) is 0 Å². The van der Waals surface area contributed by atoms with Gasteiger partial charge in [0.15, 0.2) is 0 Å². The fourth-order valence-electron chi connectivity index (χ4n) is 2.30. The number of rotatable bonds is 10. The van der Waals surface area contributed by atoms with Crippen molar-refractivity contribution in [1.82, 2.24) is 0 Å². The normalized spacial score (nSPS) is 12.1. The summed E-state index contributed by atoms with van der Waals surface area (Å²) in [5.41, 5.74) is 0.485. The van der Waals surface area contributed by atoms with Gasteiger partial charge >= 0.3 is 5.97 Å². The van der Waals surface area contributed by atoms with Crippen molar-refractivity contribution in [2.45, 2.75) is 71.3 Å². The zero-order chi connectivity index (χ0) is 15.5. The summed E-state index contributed by atoms with van der Waals surface area (Å²) in [6.45, 7) is 4.17. The van der Waals surface area contributed by atoms with Crippen LogP contribution >= 0.6 is 0 Å². The van der Waals surface area contributed by atoms with Crippen LogP contribution in [0.3, 0.4) is 0 Å².